The lowest BCUT2D eigenvalue weighted by atomic mass is 10.1. The largest absolute Gasteiger partial charge is 0.434 e. The maximum Gasteiger partial charge on any atom is 0.387 e. The van der Waals surface area contributed by atoms with Crippen molar-refractivity contribution in [2.45, 2.75) is 32.9 Å². The van der Waals surface area contributed by atoms with E-state index in [0.29, 0.717) is 10.6 Å². The number of halogens is 2. The van der Waals surface area contributed by atoms with E-state index < -0.39 is 12.7 Å². The van der Waals surface area contributed by atoms with Crippen molar-refractivity contribution in [1.29, 1.82) is 0 Å². The lowest BCUT2D eigenvalue weighted by Gasteiger charge is -2.14. The predicted molar refractivity (Wildman–Crippen MR) is 75.3 cm³/mol. The molecule has 0 aliphatic heterocycles. The monoisotopic (exact) mass is 298 g/mol. The number of benzene rings is 1. The zero-order valence-corrected chi connectivity index (χ0v) is 12.1. The van der Waals surface area contributed by atoms with Gasteiger partial charge in [0.1, 0.15) is 10.8 Å². The van der Waals surface area contributed by atoms with Gasteiger partial charge < -0.3 is 10.5 Å². The number of hydrogen-bond acceptors (Lipinski definition) is 4. The van der Waals surface area contributed by atoms with E-state index in [9.17, 15) is 8.78 Å². The van der Waals surface area contributed by atoms with Crippen LogP contribution in [0.3, 0.4) is 0 Å². The summed E-state index contributed by atoms with van der Waals surface area (Å²) in [5.41, 5.74) is 7.66. The number of nitrogens with two attached hydrogens (primary N) is 1. The summed E-state index contributed by atoms with van der Waals surface area (Å²) in [7, 11) is 0. The summed E-state index contributed by atoms with van der Waals surface area (Å²) >= 11 is 1.49. The van der Waals surface area contributed by atoms with Crippen molar-refractivity contribution in [2.24, 2.45) is 5.73 Å². The molecule has 2 rings (SSSR count). The first-order valence-electron chi connectivity index (χ1n) is 6.28. The van der Waals surface area contributed by atoms with E-state index in [0.717, 1.165) is 17.0 Å². The Morgan fingerprint density at radius 2 is 2.05 bits per heavy atom. The molecule has 0 amide bonds. The van der Waals surface area contributed by atoms with Crippen LogP contribution in [0.1, 0.15) is 34.1 Å². The zero-order valence-electron chi connectivity index (χ0n) is 11.3. The topological polar surface area (TPSA) is 48.1 Å². The molecule has 0 fully saturated rings. The second kappa shape index (κ2) is 6.28. The molecule has 3 nitrogen and oxygen atoms in total. The average Bonchev–Trinajstić information content (AvgIpc) is 2.79. The molecule has 1 atom stereocenters. The van der Waals surface area contributed by atoms with Gasteiger partial charge >= 0.3 is 6.61 Å². The molecule has 6 heteroatoms. The number of ether oxygens (including phenoxy) is 1. The fourth-order valence-electron chi connectivity index (χ4n) is 1.99. The van der Waals surface area contributed by atoms with Gasteiger partial charge in [-0.1, -0.05) is 25.1 Å². The van der Waals surface area contributed by atoms with E-state index in [-0.39, 0.29) is 5.75 Å². The highest BCUT2D eigenvalue weighted by Crippen LogP contribution is 2.32. The highest BCUT2D eigenvalue weighted by molar-refractivity contribution is 7.11. The van der Waals surface area contributed by atoms with Crippen molar-refractivity contribution in [3.63, 3.8) is 0 Å². The molecular formula is C14H16F2N2OS. The molecule has 2 N–H and O–H groups in total. The van der Waals surface area contributed by atoms with Gasteiger partial charge in [-0.2, -0.15) is 8.78 Å². The second-order valence-electron chi connectivity index (χ2n) is 4.30. The van der Waals surface area contributed by atoms with Crippen molar-refractivity contribution < 1.29 is 13.5 Å². The summed E-state index contributed by atoms with van der Waals surface area (Å²) in [6.07, 6.45) is 0.824. The summed E-state index contributed by atoms with van der Waals surface area (Å²) in [6.45, 7) is 1.13. The van der Waals surface area contributed by atoms with E-state index in [1.165, 1.54) is 17.4 Å². The summed E-state index contributed by atoms with van der Waals surface area (Å²) in [6, 6.07) is 5.99. The Morgan fingerprint density at radius 3 is 2.65 bits per heavy atom. The van der Waals surface area contributed by atoms with E-state index in [2.05, 4.69) is 9.72 Å². The van der Waals surface area contributed by atoms with Gasteiger partial charge in [0, 0.05) is 10.4 Å². The van der Waals surface area contributed by atoms with Crippen molar-refractivity contribution in [3.8, 4) is 5.75 Å². The predicted octanol–water partition coefficient (Wildman–Crippen LogP) is 3.66. The Labute approximate surface area is 120 Å². The van der Waals surface area contributed by atoms with Gasteiger partial charge in [-0.25, -0.2) is 4.98 Å². The highest BCUT2D eigenvalue weighted by atomic mass is 32.1. The maximum absolute atomic E-state index is 12.4. The molecule has 0 saturated carbocycles. The van der Waals surface area contributed by atoms with Crippen LogP contribution in [-0.2, 0) is 6.42 Å². The molecule has 0 spiro atoms. The van der Waals surface area contributed by atoms with E-state index in [1.54, 1.807) is 18.2 Å². The minimum Gasteiger partial charge on any atom is -0.434 e. The quantitative estimate of drug-likeness (QED) is 0.916. The summed E-state index contributed by atoms with van der Waals surface area (Å²) in [4.78, 5) is 5.58. The van der Waals surface area contributed by atoms with Crippen LogP contribution in [0.2, 0.25) is 0 Å². The molecule has 0 radical (unpaired) electrons. The van der Waals surface area contributed by atoms with Crippen LogP contribution in [0, 0.1) is 6.92 Å². The van der Waals surface area contributed by atoms with Gasteiger partial charge in [0.2, 0.25) is 0 Å². The van der Waals surface area contributed by atoms with Crippen LogP contribution < -0.4 is 10.5 Å². The first-order chi connectivity index (χ1) is 9.52. The fourth-order valence-corrected chi connectivity index (χ4v) is 3.02. The standard InChI is InChI=1S/C14H16F2N2OS/c1-3-10-8(2)20-13(18-10)12(17)9-6-4-5-7-11(9)19-14(15)16/h4-7,12,14H,3,17H2,1-2H3. The molecule has 1 heterocycles. The summed E-state index contributed by atoms with van der Waals surface area (Å²) < 4.78 is 29.3. The lowest BCUT2D eigenvalue weighted by molar-refractivity contribution is -0.0505. The third-order valence-electron chi connectivity index (χ3n) is 2.98. The summed E-state index contributed by atoms with van der Waals surface area (Å²) in [5.74, 6) is 0.0981. The minimum atomic E-state index is -2.87. The van der Waals surface area contributed by atoms with Gasteiger partial charge in [0.25, 0.3) is 0 Å². The van der Waals surface area contributed by atoms with Crippen LogP contribution in [0.15, 0.2) is 24.3 Å². The number of thiazole rings is 1. The van der Waals surface area contributed by atoms with Gasteiger partial charge in [-0.3, -0.25) is 0 Å². The number of para-hydroxylation sites is 1. The van der Waals surface area contributed by atoms with Gasteiger partial charge in [0.15, 0.2) is 0 Å². The minimum absolute atomic E-state index is 0.0981. The lowest BCUT2D eigenvalue weighted by Crippen LogP contribution is -2.14. The third-order valence-corrected chi connectivity index (χ3v) is 4.08. The van der Waals surface area contributed by atoms with Crippen molar-refractivity contribution in [2.75, 3.05) is 0 Å². The van der Waals surface area contributed by atoms with Gasteiger partial charge in [-0.05, 0) is 19.4 Å². The number of aryl methyl sites for hydroxylation is 2. The SMILES string of the molecule is CCc1nc(C(N)c2ccccc2OC(F)F)sc1C. The Kier molecular flexibility index (Phi) is 4.67. The van der Waals surface area contributed by atoms with E-state index in [4.69, 9.17) is 5.73 Å². The molecule has 1 unspecified atom stereocenters. The number of alkyl halides is 2. The number of hydrogen-bond donors (Lipinski definition) is 1. The number of aromatic nitrogens is 1. The molecule has 0 aliphatic rings. The first-order valence-corrected chi connectivity index (χ1v) is 7.10. The summed E-state index contributed by atoms with van der Waals surface area (Å²) in [5, 5.41) is 0.713. The van der Waals surface area contributed by atoms with Crippen LogP contribution in [0.5, 0.6) is 5.75 Å². The Hall–Kier alpha value is -1.53. The second-order valence-corrected chi connectivity index (χ2v) is 5.54. The normalized spacial score (nSPS) is 12.7. The smallest absolute Gasteiger partial charge is 0.387 e. The molecule has 1 aromatic carbocycles. The average molecular weight is 298 g/mol. The maximum atomic E-state index is 12.4. The van der Waals surface area contributed by atoms with Crippen molar-refractivity contribution in [1.82, 2.24) is 4.98 Å². The highest BCUT2D eigenvalue weighted by Gasteiger charge is 2.20. The molecule has 108 valence electrons. The zero-order chi connectivity index (χ0) is 14.7. The van der Waals surface area contributed by atoms with Crippen molar-refractivity contribution in [3.05, 3.63) is 45.4 Å². The van der Waals surface area contributed by atoms with Crippen LogP contribution >= 0.6 is 11.3 Å². The fraction of sp³-hybridized carbons (Fsp3) is 0.357. The first kappa shape index (κ1) is 14.9. The van der Waals surface area contributed by atoms with Crippen molar-refractivity contribution >= 4 is 11.3 Å². The van der Waals surface area contributed by atoms with Crippen LogP contribution in [0.4, 0.5) is 8.78 Å². The Bertz CT molecular complexity index is 586. The molecule has 0 bridgehead atoms. The number of rotatable bonds is 5. The molecule has 20 heavy (non-hydrogen) atoms. The molecule has 0 aliphatic carbocycles. The van der Waals surface area contributed by atoms with Crippen LogP contribution in [-0.4, -0.2) is 11.6 Å². The van der Waals surface area contributed by atoms with Gasteiger partial charge in [0.05, 0.1) is 11.7 Å². The Morgan fingerprint density at radius 1 is 1.35 bits per heavy atom. The third kappa shape index (κ3) is 3.13. The van der Waals surface area contributed by atoms with Gasteiger partial charge in [-0.15, -0.1) is 11.3 Å². The molecule has 2 aromatic rings. The number of nitrogens with zero attached hydrogens (tertiary/aromatic N) is 1. The van der Waals surface area contributed by atoms with Crippen LogP contribution in [0.25, 0.3) is 0 Å². The molecular weight excluding hydrogens is 282 g/mol. The van der Waals surface area contributed by atoms with E-state index in [1.807, 2.05) is 13.8 Å². The molecule has 1 aromatic heterocycles. The molecule has 0 saturated heterocycles. The Balaban J connectivity index is 2.34. The van der Waals surface area contributed by atoms with E-state index >= 15 is 0 Å².